The summed E-state index contributed by atoms with van der Waals surface area (Å²) in [6.45, 7) is 1.38. The maximum Gasteiger partial charge on any atom is 0.262 e. The fourth-order valence-corrected chi connectivity index (χ4v) is 2.79. The predicted molar refractivity (Wildman–Crippen MR) is 69.0 cm³/mol. The van der Waals surface area contributed by atoms with Crippen LogP contribution >= 0.6 is 27.3 Å². The van der Waals surface area contributed by atoms with Crippen molar-refractivity contribution < 1.29 is 4.79 Å². The number of hydrogen-bond donors (Lipinski definition) is 1. The molecule has 5 nitrogen and oxygen atoms in total. The summed E-state index contributed by atoms with van der Waals surface area (Å²) in [6, 6.07) is 1.87. The number of halogens is 1. The normalized spacial score (nSPS) is 10.4. The van der Waals surface area contributed by atoms with Gasteiger partial charge in [-0.3, -0.25) is 9.48 Å². The molecule has 2 heterocycles. The van der Waals surface area contributed by atoms with E-state index in [0.29, 0.717) is 11.4 Å². The summed E-state index contributed by atoms with van der Waals surface area (Å²) >= 11 is 4.76. The van der Waals surface area contributed by atoms with Crippen LogP contribution in [0.25, 0.3) is 0 Å². The summed E-state index contributed by atoms with van der Waals surface area (Å²) in [7, 11) is 0. The van der Waals surface area contributed by atoms with Gasteiger partial charge in [-0.05, 0) is 33.8 Å². The van der Waals surface area contributed by atoms with Gasteiger partial charge in [-0.15, -0.1) is 11.3 Å². The predicted octanol–water partition coefficient (Wildman–Crippen LogP) is 1.92. The van der Waals surface area contributed by atoms with Gasteiger partial charge < -0.3 is 5.32 Å². The molecular weight excluding hydrogens is 304 g/mol. The molecule has 0 aliphatic rings. The highest BCUT2D eigenvalue weighted by Gasteiger charge is 2.10. The lowest BCUT2D eigenvalue weighted by Crippen LogP contribution is -2.24. The van der Waals surface area contributed by atoms with Crippen molar-refractivity contribution in [3.05, 3.63) is 33.5 Å². The molecule has 0 saturated carbocycles. The van der Waals surface area contributed by atoms with Crippen LogP contribution in [0.2, 0.25) is 0 Å². The number of nitrogens with zero attached hydrogens (tertiary/aromatic N) is 3. The molecule has 2 aromatic heterocycles. The van der Waals surface area contributed by atoms with Crippen LogP contribution < -0.4 is 5.32 Å². The second kappa shape index (κ2) is 5.92. The SMILES string of the molecule is O=C(NCCCn1cncn1)c1sccc1Br. The molecule has 0 aliphatic carbocycles. The molecular formula is C10H11BrN4OS. The van der Waals surface area contributed by atoms with E-state index in [4.69, 9.17) is 0 Å². The van der Waals surface area contributed by atoms with Gasteiger partial charge in [0.15, 0.2) is 0 Å². The van der Waals surface area contributed by atoms with Crippen molar-refractivity contribution in [3.63, 3.8) is 0 Å². The fraction of sp³-hybridized carbons (Fsp3) is 0.300. The second-order valence-corrected chi connectivity index (χ2v) is 5.14. The van der Waals surface area contributed by atoms with Crippen LogP contribution in [0.15, 0.2) is 28.6 Å². The highest BCUT2D eigenvalue weighted by molar-refractivity contribution is 9.10. The largest absolute Gasteiger partial charge is 0.351 e. The van der Waals surface area contributed by atoms with Gasteiger partial charge in [0, 0.05) is 17.6 Å². The Labute approximate surface area is 111 Å². The van der Waals surface area contributed by atoms with E-state index in [0.717, 1.165) is 17.4 Å². The number of rotatable bonds is 5. The molecule has 0 bridgehead atoms. The van der Waals surface area contributed by atoms with Crippen molar-refractivity contribution in [2.45, 2.75) is 13.0 Å². The maximum atomic E-state index is 11.7. The molecule has 90 valence electrons. The van der Waals surface area contributed by atoms with E-state index in [1.807, 2.05) is 11.4 Å². The quantitative estimate of drug-likeness (QED) is 0.858. The third kappa shape index (κ3) is 3.37. The fourth-order valence-electron chi connectivity index (χ4n) is 1.33. The summed E-state index contributed by atoms with van der Waals surface area (Å²) in [6.07, 6.45) is 4.00. The summed E-state index contributed by atoms with van der Waals surface area (Å²) in [4.78, 5) is 16.3. The summed E-state index contributed by atoms with van der Waals surface area (Å²) < 4.78 is 2.59. The first-order valence-electron chi connectivity index (χ1n) is 5.11. The Balaban J connectivity index is 1.72. The van der Waals surface area contributed by atoms with Crippen molar-refractivity contribution in [1.29, 1.82) is 0 Å². The molecule has 2 rings (SSSR count). The van der Waals surface area contributed by atoms with Crippen LogP contribution in [0.1, 0.15) is 16.1 Å². The van der Waals surface area contributed by atoms with Crippen molar-refractivity contribution in [1.82, 2.24) is 20.1 Å². The van der Waals surface area contributed by atoms with Crippen molar-refractivity contribution in [2.75, 3.05) is 6.54 Å². The van der Waals surface area contributed by atoms with Crippen LogP contribution in [0, 0.1) is 0 Å². The van der Waals surface area contributed by atoms with Gasteiger partial charge in [0.25, 0.3) is 5.91 Å². The summed E-state index contributed by atoms with van der Waals surface area (Å²) in [5.74, 6) is -0.0366. The zero-order valence-corrected chi connectivity index (χ0v) is 11.4. The minimum Gasteiger partial charge on any atom is -0.351 e. The molecule has 2 aromatic rings. The van der Waals surface area contributed by atoms with Crippen molar-refractivity contribution in [2.24, 2.45) is 0 Å². The average molecular weight is 315 g/mol. The Kier molecular flexibility index (Phi) is 4.27. The second-order valence-electron chi connectivity index (χ2n) is 3.37. The van der Waals surface area contributed by atoms with E-state index in [9.17, 15) is 4.79 Å². The molecule has 7 heteroatoms. The van der Waals surface area contributed by atoms with E-state index in [2.05, 4.69) is 31.3 Å². The van der Waals surface area contributed by atoms with Crippen LogP contribution in [0.4, 0.5) is 0 Å². The third-order valence-corrected chi connectivity index (χ3v) is 3.98. The molecule has 0 unspecified atom stereocenters. The highest BCUT2D eigenvalue weighted by atomic mass is 79.9. The number of hydrogen-bond acceptors (Lipinski definition) is 4. The van der Waals surface area contributed by atoms with Gasteiger partial charge in [-0.25, -0.2) is 4.98 Å². The number of aryl methyl sites for hydroxylation is 1. The Morgan fingerprint density at radius 3 is 3.12 bits per heavy atom. The van der Waals surface area contributed by atoms with Crippen LogP contribution in [-0.2, 0) is 6.54 Å². The first-order valence-corrected chi connectivity index (χ1v) is 6.78. The first-order chi connectivity index (χ1) is 8.27. The molecule has 17 heavy (non-hydrogen) atoms. The monoisotopic (exact) mass is 314 g/mol. The zero-order valence-electron chi connectivity index (χ0n) is 8.97. The van der Waals surface area contributed by atoms with Crippen molar-refractivity contribution >= 4 is 33.2 Å². The van der Waals surface area contributed by atoms with Gasteiger partial charge in [0.2, 0.25) is 0 Å². The van der Waals surface area contributed by atoms with Gasteiger partial charge in [0.05, 0.1) is 0 Å². The number of aromatic nitrogens is 3. The van der Waals surface area contributed by atoms with Gasteiger partial charge in [0.1, 0.15) is 17.5 Å². The molecule has 1 amide bonds. The number of amides is 1. The Morgan fingerprint density at radius 1 is 1.59 bits per heavy atom. The smallest absolute Gasteiger partial charge is 0.262 e. The highest BCUT2D eigenvalue weighted by Crippen LogP contribution is 2.22. The Bertz CT molecular complexity index is 482. The maximum absolute atomic E-state index is 11.7. The van der Waals surface area contributed by atoms with E-state index >= 15 is 0 Å². The molecule has 0 aromatic carbocycles. The standard InChI is InChI=1S/C10H11BrN4OS/c11-8-2-5-17-9(8)10(16)13-3-1-4-15-7-12-6-14-15/h2,5-7H,1,3-4H2,(H,13,16). The molecule has 0 aliphatic heterocycles. The average Bonchev–Trinajstić information content (AvgIpc) is 2.95. The molecule has 0 spiro atoms. The Hall–Kier alpha value is -1.21. The minimum atomic E-state index is -0.0366. The Morgan fingerprint density at radius 2 is 2.47 bits per heavy atom. The summed E-state index contributed by atoms with van der Waals surface area (Å²) in [5.41, 5.74) is 0. The molecule has 0 saturated heterocycles. The van der Waals surface area contributed by atoms with E-state index in [1.54, 1.807) is 11.0 Å². The topological polar surface area (TPSA) is 59.8 Å². The molecule has 0 radical (unpaired) electrons. The molecule has 0 atom stereocenters. The van der Waals surface area contributed by atoms with Crippen LogP contribution in [-0.4, -0.2) is 27.2 Å². The van der Waals surface area contributed by atoms with Gasteiger partial charge in [-0.2, -0.15) is 5.10 Å². The lowest BCUT2D eigenvalue weighted by atomic mass is 10.4. The van der Waals surface area contributed by atoms with Gasteiger partial charge in [-0.1, -0.05) is 0 Å². The summed E-state index contributed by atoms with van der Waals surface area (Å²) in [5, 5.41) is 8.74. The third-order valence-electron chi connectivity index (χ3n) is 2.14. The number of carbonyl (C=O) groups is 1. The lowest BCUT2D eigenvalue weighted by Gasteiger charge is -2.04. The zero-order chi connectivity index (χ0) is 12.1. The van der Waals surface area contributed by atoms with Crippen LogP contribution in [0.3, 0.4) is 0 Å². The number of nitrogens with one attached hydrogen (secondary N) is 1. The van der Waals surface area contributed by atoms with E-state index in [-0.39, 0.29) is 5.91 Å². The number of thiophene rings is 1. The van der Waals surface area contributed by atoms with E-state index in [1.165, 1.54) is 17.7 Å². The molecule has 1 N–H and O–H groups in total. The van der Waals surface area contributed by atoms with E-state index < -0.39 is 0 Å². The van der Waals surface area contributed by atoms with Crippen molar-refractivity contribution in [3.8, 4) is 0 Å². The van der Waals surface area contributed by atoms with Crippen LogP contribution in [0.5, 0.6) is 0 Å². The number of carbonyl (C=O) groups excluding carboxylic acids is 1. The molecule has 0 fully saturated rings. The lowest BCUT2D eigenvalue weighted by molar-refractivity contribution is 0.0956. The minimum absolute atomic E-state index is 0.0366. The van der Waals surface area contributed by atoms with Gasteiger partial charge >= 0.3 is 0 Å². The first kappa shape index (κ1) is 12.3.